The van der Waals surface area contributed by atoms with Gasteiger partial charge in [-0.15, -0.1) is 24.0 Å². The molecule has 2 heterocycles. The number of nitrogens with zero attached hydrogens (tertiary/aromatic N) is 4. The van der Waals surface area contributed by atoms with E-state index in [4.69, 9.17) is 0 Å². The van der Waals surface area contributed by atoms with Gasteiger partial charge in [0.05, 0.1) is 6.54 Å². The SMILES string of the molecule is CN=C(NCc1nccn1CC(C)C)NC1CCN(Cc2ccc(F)cc2)CC1.I. The molecule has 2 N–H and O–H groups in total. The maximum Gasteiger partial charge on any atom is 0.191 e. The minimum atomic E-state index is -0.179. The molecular weight excluding hydrogens is 494 g/mol. The van der Waals surface area contributed by atoms with Crippen molar-refractivity contribution in [3.8, 4) is 0 Å². The Morgan fingerprint density at radius 1 is 1.23 bits per heavy atom. The molecule has 1 aromatic carbocycles. The van der Waals surface area contributed by atoms with Crippen LogP contribution in [0.3, 0.4) is 0 Å². The van der Waals surface area contributed by atoms with Crippen LogP contribution in [0.1, 0.15) is 38.1 Å². The lowest BCUT2D eigenvalue weighted by Gasteiger charge is -2.33. The summed E-state index contributed by atoms with van der Waals surface area (Å²) in [7, 11) is 1.81. The summed E-state index contributed by atoms with van der Waals surface area (Å²) in [5, 5.41) is 6.94. The van der Waals surface area contributed by atoms with Gasteiger partial charge in [0.15, 0.2) is 5.96 Å². The first kappa shape index (κ1) is 24.6. The summed E-state index contributed by atoms with van der Waals surface area (Å²) < 4.78 is 15.3. The number of benzene rings is 1. The van der Waals surface area contributed by atoms with E-state index in [0.717, 1.165) is 56.4 Å². The van der Waals surface area contributed by atoms with Gasteiger partial charge >= 0.3 is 0 Å². The first-order chi connectivity index (χ1) is 14.0. The van der Waals surface area contributed by atoms with E-state index < -0.39 is 0 Å². The molecule has 1 saturated heterocycles. The van der Waals surface area contributed by atoms with Crippen LogP contribution in [0, 0.1) is 11.7 Å². The van der Waals surface area contributed by atoms with E-state index >= 15 is 0 Å². The van der Waals surface area contributed by atoms with Gasteiger partial charge in [0.1, 0.15) is 11.6 Å². The Hall–Kier alpha value is -1.68. The number of rotatable bonds is 7. The van der Waals surface area contributed by atoms with Crippen molar-refractivity contribution in [1.82, 2.24) is 25.1 Å². The Bertz CT molecular complexity index is 781. The molecule has 0 amide bonds. The second kappa shape index (κ2) is 12.2. The number of aromatic nitrogens is 2. The molecular formula is C22H34FIN6. The van der Waals surface area contributed by atoms with Crippen molar-refractivity contribution >= 4 is 29.9 Å². The molecule has 0 bridgehead atoms. The van der Waals surface area contributed by atoms with Crippen molar-refractivity contribution in [3.05, 3.63) is 53.9 Å². The molecule has 2 aromatic rings. The molecule has 0 radical (unpaired) electrons. The topological polar surface area (TPSA) is 57.5 Å². The van der Waals surface area contributed by atoms with Crippen LogP contribution in [-0.2, 0) is 19.6 Å². The van der Waals surface area contributed by atoms with Crippen LogP contribution in [-0.4, -0.2) is 46.6 Å². The Kier molecular flexibility index (Phi) is 10.0. The van der Waals surface area contributed by atoms with Gasteiger partial charge in [-0.2, -0.15) is 0 Å². The summed E-state index contributed by atoms with van der Waals surface area (Å²) in [5.74, 6) is 2.25. The molecule has 8 heteroatoms. The maximum atomic E-state index is 13.1. The van der Waals surface area contributed by atoms with Crippen molar-refractivity contribution in [2.45, 2.75) is 52.4 Å². The summed E-state index contributed by atoms with van der Waals surface area (Å²) in [6.07, 6.45) is 6.00. The number of piperidine rings is 1. The first-order valence-electron chi connectivity index (χ1n) is 10.5. The number of hydrogen-bond acceptors (Lipinski definition) is 3. The van der Waals surface area contributed by atoms with Crippen LogP contribution in [0.15, 0.2) is 41.7 Å². The number of halogens is 2. The molecule has 0 unspecified atom stereocenters. The van der Waals surface area contributed by atoms with E-state index in [2.05, 4.69) is 43.9 Å². The largest absolute Gasteiger partial charge is 0.354 e. The smallest absolute Gasteiger partial charge is 0.191 e. The third kappa shape index (κ3) is 7.54. The van der Waals surface area contributed by atoms with Crippen molar-refractivity contribution in [2.24, 2.45) is 10.9 Å². The van der Waals surface area contributed by atoms with Gasteiger partial charge in [0.25, 0.3) is 0 Å². The van der Waals surface area contributed by atoms with E-state index in [9.17, 15) is 4.39 Å². The van der Waals surface area contributed by atoms with Gasteiger partial charge in [0.2, 0.25) is 0 Å². The molecule has 1 aromatic heterocycles. The zero-order valence-electron chi connectivity index (χ0n) is 18.1. The van der Waals surface area contributed by atoms with E-state index in [1.807, 2.05) is 24.5 Å². The molecule has 1 aliphatic heterocycles. The Morgan fingerprint density at radius 2 is 1.93 bits per heavy atom. The fourth-order valence-electron chi connectivity index (χ4n) is 3.70. The van der Waals surface area contributed by atoms with Crippen molar-refractivity contribution in [2.75, 3.05) is 20.1 Å². The average Bonchev–Trinajstić information content (AvgIpc) is 3.14. The predicted molar refractivity (Wildman–Crippen MR) is 131 cm³/mol. The van der Waals surface area contributed by atoms with Gasteiger partial charge in [-0.1, -0.05) is 26.0 Å². The third-order valence-corrected chi connectivity index (χ3v) is 5.25. The van der Waals surface area contributed by atoms with Crippen LogP contribution in [0.25, 0.3) is 0 Å². The van der Waals surface area contributed by atoms with Crippen LogP contribution in [0.5, 0.6) is 0 Å². The number of hydrogen-bond donors (Lipinski definition) is 2. The van der Waals surface area contributed by atoms with E-state index in [1.54, 1.807) is 7.05 Å². The lowest BCUT2D eigenvalue weighted by Crippen LogP contribution is -2.48. The monoisotopic (exact) mass is 528 g/mol. The molecule has 3 rings (SSSR count). The highest BCUT2D eigenvalue weighted by Gasteiger charge is 2.20. The summed E-state index contributed by atoms with van der Waals surface area (Å²) in [6, 6.07) is 7.21. The highest BCUT2D eigenvalue weighted by atomic mass is 127. The van der Waals surface area contributed by atoms with E-state index in [-0.39, 0.29) is 29.8 Å². The molecule has 1 fully saturated rings. The minimum Gasteiger partial charge on any atom is -0.354 e. The Labute approximate surface area is 196 Å². The number of guanidine groups is 1. The lowest BCUT2D eigenvalue weighted by atomic mass is 10.0. The summed E-state index contributed by atoms with van der Waals surface area (Å²) in [5.41, 5.74) is 1.16. The fourth-order valence-corrected chi connectivity index (χ4v) is 3.70. The van der Waals surface area contributed by atoms with Crippen molar-refractivity contribution in [3.63, 3.8) is 0 Å². The molecule has 30 heavy (non-hydrogen) atoms. The van der Waals surface area contributed by atoms with Crippen molar-refractivity contribution in [1.29, 1.82) is 0 Å². The average molecular weight is 528 g/mol. The van der Waals surface area contributed by atoms with Crippen LogP contribution < -0.4 is 10.6 Å². The Balaban J connectivity index is 0.00000320. The summed E-state index contributed by atoms with van der Waals surface area (Å²) >= 11 is 0. The second-order valence-electron chi connectivity index (χ2n) is 8.14. The molecule has 1 aliphatic rings. The summed E-state index contributed by atoms with van der Waals surface area (Å²) in [6.45, 7) is 8.95. The quantitative estimate of drug-likeness (QED) is 0.328. The normalized spacial score (nSPS) is 15.8. The third-order valence-electron chi connectivity index (χ3n) is 5.25. The van der Waals surface area contributed by atoms with Crippen LogP contribution in [0.4, 0.5) is 4.39 Å². The fraction of sp³-hybridized carbons (Fsp3) is 0.545. The zero-order valence-corrected chi connectivity index (χ0v) is 20.5. The molecule has 0 spiro atoms. The molecule has 0 atom stereocenters. The number of nitrogens with one attached hydrogen (secondary N) is 2. The van der Waals surface area contributed by atoms with E-state index in [0.29, 0.717) is 18.5 Å². The standard InChI is InChI=1S/C22H33FN6.HI/c1-17(2)15-29-13-10-25-21(29)14-26-22(24-3)27-20-8-11-28(12-9-20)16-18-4-6-19(23)7-5-18;/h4-7,10,13,17,20H,8-9,11-12,14-16H2,1-3H3,(H2,24,26,27);1H. The number of imidazole rings is 1. The summed E-state index contributed by atoms with van der Waals surface area (Å²) in [4.78, 5) is 11.3. The highest BCUT2D eigenvalue weighted by molar-refractivity contribution is 14.0. The van der Waals surface area contributed by atoms with Crippen LogP contribution >= 0.6 is 24.0 Å². The maximum absolute atomic E-state index is 13.1. The van der Waals surface area contributed by atoms with Crippen LogP contribution in [0.2, 0.25) is 0 Å². The lowest BCUT2D eigenvalue weighted by molar-refractivity contribution is 0.198. The molecule has 166 valence electrons. The van der Waals surface area contributed by atoms with E-state index in [1.165, 1.54) is 12.1 Å². The molecule has 6 nitrogen and oxygen atoms in total. The second-order valence-corrected chi connectivity index (χ2v) is 8.14. The van der Waals surface area contributed by atoms with Gasteiger partial charge in [-0.3, -0.25) is 9.89 Å². The first-order valence-corrected chi connectivity index (χ1v) is 10.5. The van der Waals surface area contributed by atoms with Gasteiger partial charge in [-0.25, -0.2) is 9.37 Å². The molecule has 0 saturated carbocycles. The van der Waals surface area contributed by atoms with Crippen molar-refractivity contribution < 1.29 is 4.39 Å². The molecule has 0 aliphatic carbocycles. The highest BCUT2D eigenvalue weighted by Crippen LogP contribution is 2.14. The number of likely N-dealkylation sites (tertiary alicyclic amines) is 1. The number of aliphatic imine (C=N–C) groups is 1. The van der Waals surface area contributed by atoms with Gasteiger partial charge in [-0.05, 0) is 36.5 Å². The van der Waals surface area contributed by atoms with Gasteiger partial charge in [0, 0.05) is 51.7 Å². The minimum absolute atomic E-state index is 0. The zero-order chi connectivity index (χ0) is 20.6. The Morgan fingerprint density at radius 3 is 2.57 bits per heavy atom. The van der Waals surface area contributed by atoms with Gasteiger partial charge < -0.3 is 15.2 Å². The predicted octanol–water partition coefficient (Wildman–Crippen LogP) is 3.63.